The number of Topliss-reactive ketones (excluding diaryl/α,β-unsaturated/α-hetero) is 1. The fourth-order valence-corrected chi connectivity index (χ4v) is 2.01. The van der Waals surface area contributed by atoms with E-state index < -0.39 is 11.9 Å². The summed E-state index contributed by atoms with van der Waals surface area (Å²) in [7, 11) is 0. The molecule has 1 rings (SSSR count). The van der Waals surface area contributed by atoms with Crippen LogP contribution in [0.5, 0.6) is 0 Å². The van der Waals surface area contributed by atoms with Gasteiger partial charge in [-0.25, -0.2) is 4.98 Å². The summed E-state index contributed by atoms with van der Waals surface area (Å²) in [5.41, 5.74) is 0. The quantitative estimate of drug-likeness (QED) is 0.738. The van der Waals surface area contributed by atoms with Gasteiger partial charge in [-0.15, -0.1) is 0 Å². The van der Waals surface area contributed by atoms with E-state index in [-0.39, 0.29) is 11.8 Å². The summed E-state index contributed by atoms with van der Waals surface area (Å²) < 4.78 is 1.97. The lowest BCUT2D eigenvalue weighted by Crippen LogP contribution is -2.42. The number of carbonyl (C=O) groups excluding carboxylic acids is 1. The van der Waals surface area contributed by atoms with Gasteiger partial charge in [0.1, 0.15) is 5.78 Å². The summed E-state index contributed by atoms with van der Waals surface area (Å²) in [5.74, 6) is -1.25. The van der Waals surface area contributed by atoms with Crippen LogP contribution in [0.25, 0.3) is 0 Å². The topological polar surface area (TPSA) is 75.4 Å². The Labute approximate surface area is 119 Å². The molecule has 0 bridgehead atoms. The largest absolute Gasteiger partial charge is 0.481 e. The number of rotatable bonds is 9. The highest BCUT2D eigenvalue weighted by Gasteiger charge is 2.22. The highest BCUT2D eigenvalue weighted by molar-refractivity contribution is 5.81. The second kappa shape index (κ2) is 7.79. The smallest absolute Gasteiger partial charge is 0.307 e. The number of ketones is 1. The first kappa shape index (κ1) is 16.4. The lowest BCUT2D eigenvalue weighted by molar-refractivity contribution is -0.142. The molecule has 0 spiro atoms. The Kier molecular flexibility index (Phi) is 6.38. The molecule has 6 heteroatoms. The van der Waals surface area contributed by atoms with Crippen molar-refractivity contribution >= 4 is 11.8 Å². The van der Waals surface area contributed by atoms with Crippen molar-refractivity contribution in [2.45, 2.75) is 39.8 Å². The number of aryl methyl sites for hydroxylation is 1. The maximum absolute atomic E-state index is 11.5. The van der Waals surface area contributed by atoms with Crippen molar-refractivity contribution in [1.82, 2.24) is 14.5 Å². The first-order chi connectivity index (χ1) is 9.41. The predicted molar refractivity (Wildman–Crippen MR) is 75.4 cm³/mol. The summed E-state index contributed by atoms with van der Waals surface area (Å²) in [6.07, 6.45) is 6.21. The van der Waals surface area contributed by atoms with Crippen LogP contribution >= 0.6 is 0 Å². The molecule has 20 heavy (non-hydrogen) atoms. The lowest BCUT2D eigenvalue weighted by Gasteiger charge is -2.28. The third kappa shape index (κ3) is 5.13. The Morgan fingerprint density at radius 3 is 2.60 bits per heavy atom. The Bertz CT molecular complexity index is 431. The molecule has 1 aromatic heterocycles. The number of nitrogens with zero attached hydrogens (tertiary/aromatic N) is 3. The van der Waals surface area contributed by atoms with Crippen molar-refractivity contribution in [3.05, 3.63) is 18.7 Å². The number of carboxylic acids is 1. The minimum Gasteiger partial charge on any atom is -0.481 e. The molecule has 2 atom stereocenters. The number of aliphatic carboxylic acids is 1. The van der Waals surface area contributed by atoms with Crippen LogP contribution in [-0.4, -0.2) is 50.4 Å². The summed E-state index contributed by atoms with van der Waals surface area (Å²) in [4.78, 5) is 28.4. The maximum Gasteiger partial charge on any atom is 0.307 e. The Morgan fingerprint density at radius 2 is 2.10 bits per heavy atom. The van der Waals surface area contributed by atoms with E-state index in [1.807, 2.05) is 22.6 Å². The van der Waals surface area contributed by atoms with Gasteiger partial charge in [0.05, 0.1) is 18.3 Å². The number of hydrogen-bond donors (Lipinski definition) is 1. The second-order valence-electron chi connectivity index (χ2n) is 5.17. The number of imidazole rings is 1. The fraction of sp³-hybridized carbons (Fsp3) is 0.643. The third-order valence-electron chi connectivity index (χ3n) is 3.49. The van der Waals surface area contributed by atoms with Crippen LogP contribution in [-0.2, 0) is 16.1 Å². The van der Waals surface area contributed by atoms with Gasteiger partial charge in [0.2, 0.25) is 0 Å². The first-order valence-corrected chi connectivity index (χ1v) is 6.85. The molecule has 112 valence electrons. The summed E-state index contributed by atoms with van der Waals surface area (Å²) in [6.45, 7) is 6.92. The van der Waals surface area contributed by atoms with E-state index in [1.54, 1.807) is 26.4 Å². The van der Waals surface area contributed by atoms with Gasteiger partial charge in [-0.3, -0.25) is 14.5 Å². The molecule has 0 radical (unpaired) electrons. The van der Waals surface area contributed by atoms with Crippen LogP contribution in [0.4, 0.5) is 0 Å². The molecule has 0 fully saturated rings. The van der Waals surface area contributed by atoms with Crippen molar-refractivity contribution in [2.24, 2.45) is 5.92 Å². The number of carbonyl (C=O) groups is 2. The average molecular weight is 281 g/mol. The van der Waals surface area contributed by atoms with Crippen LogP contribution in [0, 0.1) is 5.92 Å². The van der Waals surface area contributed by atoms with Gasteiger partial charge < -0.3 is 9.67 Å². The van der Waals surface area contributed by atoms with Gasteiger partial charge >= 0.3 is 5.97 Å². The van der Waals surface area contributed by atoms with E-state index in [0.717, 1.165) is 13.0 Å². The van der Waals surface area contributed by atoms with Crippen LogP contribution in [0.1, 0.15) is 27.2 Å². The van der Waals surface area contributed by atoms with Gasteiger partial charge in [-0.1, -0.05) is 6.92 Å². The van der Waals surface area contributed by atoms with E-state index in [1.165, 1.54) is 0 Å². The standard InChI is InChI=1S/C14H23N3O3/c1-11(14(19)20)9-17(12(2)13(3)18)7-4-6-16-8-5-15-10-16/h5,8,10-12H,4,6-7,9H2,1-3H3,(H,19,20). The van der Waals surface area contributed by atoms with E-state index in [2.05, 4.69) is 4.98 Å². The van der Waals surface area contributed by atoms with Gasteiger partial charge in [-0.05, 0) is 20.3 Å². The molecule has 0 aliphatic carbocycles. The monoisotopic (exact) mass is 281 g/mol. The van der Waals surface area contributed by atoms with Crippen molar-refractivity contribution < 1.29 is 14.7 Å². The third-order valence-corrected chi connectivity index (χ3v) is 3.49. The number of hydrogen-bond acceptors (Lipinski definition) is 4. The Hall–Kier alpha value is -1.69. The normalized spacial score (nSPS) is 14.2. The zero-order valence-electron chi connectivity index (χ0n) is 12.3. The van der Waals surface area contributed by atoms with Crippen molar-refractivity contribution in [2.75, 3.05) is 13.1 Å². The van der Waals surface area contributed by atoms with Gasteiger partial charge in [-0.2, -0.15) is 0 Å². The molecule has 0 aliphatic heterocycles. The van der Waals surface area contributed by atoms with Crippen molar-refractivity contribution in [1.29, 1.82) is 0 Å². The minimum atomic E-state index is -0.833. The molecule has 1 heterocycles. The molecule has 1 N–H and O–H groups in total. The van der Waals surface area contributed by atoms with E-state index in [0.29, 0.717) is 13.1 Å². The molecule has 0 amide bonds. The highest BCUT2D eigenvalue weighted by Crippen LogP contribution is 2.08. The molecule has 6 nitrogen and oxygen atoms in total. The maximum atomic E-state index is 11.5. The van der Waals surface area contributed by atoms with E-state index in [9.17, 15) is 9.59 Å². The lowest BCUT2D eigenvalue weighted by atomic mass is 10.1. The van der Waals surface area contributed by atoms with Crippen molar-refractivity contribution in [3.63, 3.8) is 0 Å². The van der Waals surface area contributed by atoms with Crippen LogP contribution in [0.3, 0.4) is 0 Å². The fourth-order valence-electron chi connectivity index (χ4n) is 2.01. The molecule has 0 aliphatic rings. The van der Waals surface area contributed by atoms with E-state index >= 15 is 0 Å². The minimum absolute atomic E-state index is 0.0604. The first-order valence-electron chi connectivity index (χ1n) is 6.85. The molecule has 0 saturated heterocycles. The molecule has 2 unspecified atom stereocenters. The summed E-state index contributed by atoms with van der Waals surface area (Å²) >= 11 is 0. The van der Waals surface area contributed by atoms with Gasteiger partial charge in [0, 0.05) is 32.0 Å². The molecular formula is C14H23N3O3. The number of carboxylic acid groups (broad SMARTS) is 1. The van der Waals surface area contributed by atoms with Crippen LogP contribution in [0.2, 0.25) is 0 Å². The van der Waals surface area contributed by atoms with Gasteiger partial charge in [0.15, 0.2) is 0 Å². The zero-order valence-corrected chi connectivity index (χ0v) is 12.3. The molecule has 0 saturated carbocycles. The molecular weight excluding hydrogens is 258 g/mol. The summed E-state index contributed by atoms with van der Waals surface area (Å²) in [6, 6.07) is -0.250. The predicted octanol–water partition coefficient (Wildman–Crippen LogP) is 1.27. The number of aromatic nitrogens is 2. The molecule has 1 aromatic rings. The Balaban J connectivity index is 2.53. The SMILES string of the molecule is CC(=O)C(C)N(CCCn1ccnc1)CC(C)C(=O)O. The highest BCUT2D eigenvalue weighted by atomic mass is 16.4. The average Bonchev–Trinajstić information content (AvgIpc) is 2.89. The Morgan fingerprint density at radius 1 is 1.40 bits per heavy atom. The zero-order chi connectivity index (χ0) is 15.1. The van der Waals surface area contributed by atoms with Gasteiger partial charge in [0.25, 0.3) is 0 Å². The van der Waals surface area contributed by atoms with Crippen LogP contribution < -0.4 is 0 Å². The second-order valence-corrected chi connectivity index (χ2v) is 5.17. The van der Waals surface area contributed by atoms with E-state index in [4.69, 9.17) is 5.11 Å². The van der Waals surface area contributed by atoms with Crippen LogP contribution in [0.15, 0.2) is 18.7 Å². The molecule has 0 aromatic carbocycles. The van der Waals surface area contributed by atoms with Crippen molar-refractivity contribution in [3.8, 4) is 0 Å². The summed E-state index contributed by atoms with van der Waals surface area (Å²) in [5, 5.41) is 9.00.